The summed E-state index contributed by atoms with van der Waals surface area (Å²) >= 11 is 0. The summed E-state index contributed by atoms with van der Waals surface area (Å²) in [6.45, 7) is 6.46. The Labute approximate surface area is 201 Å². The summed E-state index contributed by atoms with van der Waals surface area (Å²) in [7, 11) is 0. The number of benzene rings is 5. The molecule has 0 aliphatic carbocycles. The van der Waals surface area contributed by atoms with Gasteiger partial charge in [-0.3, -0.25) is 0 Å². The first-order valence-corrected chi connectivity index (χ1v) is 11.5. The molecule has 0 aromatic heterocycles. The Balaban J connectivity index is 1.35. The summed E-state index contributed by atoms with van der Waals surface area (Å²) in [5.41, 5.74) is 15.9. The highest BCUT2D eigenvalue weighted by molar-refractivity contribution is 5.97. The predicted molar refractivity (Wildman–Crippen MR) is 148 cm³/mol. The highest BCUT2D eigenvalue weighted by Gasteiger charge is 2.05. The molecular weight excluding hydrogens is 410 g/mol. The van der Waals surface area contributed by atoms with Gasteiger partial charge in [-0.25, -0.2) is 0 Å². The zero-order chi connectivity index (χ0) is 23.5. The minimum atomic E-state index is 0.780. The second-order valence-electron chi connectivity index (χ2n) is 8.66. The first-order valence-electron chi connectivity index (χ1n) is 11.5. The van der Waals surface area contributed by atoms with Crippen molar-refractivity contribution in [2.75, 3.05) is 5.73 Å². The summed E-state index contributed by atoms with van der Waals surface area (Å²) in [5.74, 6) is 0. The summed E-state index contributed by atoms with van der Waals surface area (Å²) in [5, 5.41) is 2.53. The van der Waals surface area contributed by atoms with Crippen LogP contribution in [-0.4, -0.2) is 0 Å². The van der Waals surface area contributed by atoms with Crippen LogP contribution in [0.15, 0.2) is 128 Å². The molecule has 0 aliphatic heterocycles. The fraction of sp³-hybridized carbons (Fsp3) is 0.0303. The maximum absolute atomic E-state index is 5.81. The lowest BCUT2D eigenvalue weighted by molar-refractivity contribution is 1.54. The van der Waals surface area contributed by atoms with Crippen LogP contribution in [0.25, 0.3) is 44.2 Å². The summed E-state index contributed by atoms with van der Waals surface area (Å²) in [6, 6.07) is 40.3. The zero-order valence-electron chi connectivity index (χ0n) is 19.3. The molecule has 0 atom stereocenters. The number of nitrogen functional groups attached to an aromatic ring is 1. The topological polar surface area (TPSA) is 26.0 Å². The molecule has 0 aliphatic rings. The summed E-state index contributed by atoms with van der Waals surface area (Å²) in [6.07, 6.45) is 2.16. The van der Waals surface area contributed by atoms with Crippen LogP contribution in [0.4, 0.5) is 5.69 Å². The molecule has 0 saturated heterocycles. The largest absolute Gasteiger partial charge is 0.399 e. The van der Waals surface area contributed by atoms with Crippen LogP contribution in [0.3, 0.4) is 0 Å². The molecule has 2 N–H and O–H groups in total. The van der Waals surface area contributed by atoms with E-state index in [2.05, 4.69) is 123 Å². The normalized spacial score (nSPS) is 11.5. The van der Waals surface area contributed by atoms with Crippen LogP contribution in [0, 0.1) is 0 Å². The highest BCUT2D eigenvalue weighted by atomic mass is 14.5. The van der Waals surface area contributed by atoms with E-state index in [9.17, 15) is 0 Å². The molecule has 0 bridgehead atoms. The molecule has 1 heteroatoms. The smallest absolute Gasteiger partial charge is 0.0314 e. The van der Waals surface area contributed by atoms with Crippen LogP contribution in [0.1, 0.15) is 18.1 Å². The Hall–Kier alpha value is -4.36. The van der Waals surface area contributed by atoms with E-state index >= 15 is 0 Å². The van der Waals surface area contributed by atoms with E-state index in [0.29, 0.717) is 0 Å². The number of hydrogen-bond donors (Lipinski definition) is 1. The van der Waals surface area contributed by atoms with Crippen LogP contribution in [0.2, 0.25) is 0 Å². The van der Waals surface area contributed by atoms with Gasteiger partial charge in [-0.05, 0) is 74.4 Å². The third kappa shape index (κ3) is 4.42. The Kier molecular flexibility index (Phi) is 5.84. The lowest BCUT2D eigenvalue weighted by Gasteiger charge is -2.09. The van der Waals surface area contributed by atoms with E-state index in [1.165, 1.54) is 38.6 Å². The Morgan fingerprint density at radius 1 is 0.618 bits per heavy atom. The molecule has 0 unspecified atom stereocenters. The van der Waals surface area contributed by atoms with Crippen LogP contribution in [-0.2, 0) is 0 Å². The molecule has 0 fully saturated rings. The molecule has 5 rings (SSSR count). The molecule has 1 nitrogen and oxygen atoms in total. The number of hydrogen-bond acceptors (Lipinski definition) is 1. The van der Waals surface area contributed by atoms with E-state index in [1.807, 2.05) is 12.1 Å². The number of rotatable bonds is 5. The van der Waals surface area contributed by atoms with Crippen molar-refractivity contribution in [3.63, 3.8) is 0 Å². The van der Waals surface area contributed by atoms with Crippen LogP contribution >= 0.6 is 0 Å². The quantitative estimate of drug-likeness (QED) is 0.216. The van der Waals surface area contributed by atoms with Gasteiger partial charge in [0, 0.05) is 5.69 Å². The van der Waals surface area contributed by atoms with Crippen molar-refractivity contribution >= 4 is 27.6 Å². The van der Waals surface area contributed by atoms with Gasteiger partial charge in [-0.15, -0.1) is 0 Å². The van der Waals surface area contributed by atoms with Crippen molar-refractivity contribution in [2.24, 2.45) is 0 Å². The maximum Gasteiger partial charge on any atom is 0.0314 e. The third-order valence-corrected chi connectivity index (χ3v) is 6.33. The summed E-state index contributed by atoms with van der Waals surface area (Å²) < 4.78 is 0. The predicted octanol–water partition coefficient (Wildman–Crippen LogP) is 8.87. The average molecular weight is 438 g/mol. The first-order chi connectivity index (χ1) is 16.6. The number of allylic oxidation sites excluding steroid dienone is 3. The Morgan fingerprint density at radius 3 is 1.88 bits per heavy atom. The second kappa shape index (κ2) is 9.25. The molecular formula is C33H27N. The second-order valence-corrected chi connectivity index (χ2v) is 8.66. The standard InChI is InChI=1S/C33H27N/c1-23(25-10-14-27(15-11-25)28-18-20-31(34)21-19-28)22-24(2)26-12-16-30(17-13-26)33-9-5-7-29-6-3-4-8-32(29)33/h3-22H,2,34H2,1H3/b23-22+. The maximum atomic E-state index is 5.81. The fourth-order valence-electron chi connectivity index (χ4n) is 4.37. The van der Waals surface area contributed by atoms with Crippen LogP contribution in [0.5, 0.6) is 0 Å². The van der Waals surface area contributed by atoms with E-state index in [4.69, 9.17) is 5.73 Å². The molecule has 164 valence electrons. The lowest BCUT2D eigenvalue weighted by atomic mass is 9.95. The van der Waals surface area contributed by atoms with Crippen molar-refractivity contribution < 1.29 is 0 Å². The van der Waals surface area contributed by atoms with Gasteiger partial charge in [0.2, 0.25) is 0 Å². The van der Waals surface area contributed by atoms with Crippen molar-refractivity contribution in [3.05, 3.63) is 139 Å². The molecule has 0 radical (unpaired) electrons. The SMILES string of the molecule is C=C(/C=C(\C)c1ccc(-c2ccc(N)cc2)cc1)c1ccc(-c2cccc3ccccc23)cc1. The fourth-order valence-corrected chi connectivity index (χ4v) is 4.37. The van der Waals surface area contributed by atoms with Gasteiger partial charge in [0.25, 0.3) is 0 Å². The highest BCUT2D eigenvalue weighted by Crippen LogP contribution is 2.30. The zero-order valence-corrected chi connectivity index (χ0v) is 19.3. The molecule has 0 spiro atoms. The van der Waals surface area contributed by atoms with Crippen LogP contribution < -0.4 is 5.73 Å². The van der Waals surface area contributed by atoms with Crippen molar-refractivity contribution in [1.29, 1.82) is 0 Å². The van der Waals surface area contributed by atoms with Crippen molar-refractivity contribution in [2.45, 2.75) is 6.92 Å². The average Bonchev–Trinajstić information content (AvgIpc) is 2.89. The Bertz CT molecular complexity index is 1480. The van der Waals surface area contributed by atoms with Gasteiger partial charge in [0.1, 0.15) is 0 Å². The molecule has 5 aromatic rings. The van der Waals surface area contributed by atoms with Gasteiger partial charge < -0.3 is 5.73 Å². The van der Waals surface area contributed by atoms with Crippen molar-refractivity contribution in [3.8, 4) is 22.3 Å². The van der Waals surface area contributed by atoms with Gasteiger partial charge in [0.15, 0.2) is 0 Å². The lowest BCUT2D eigenvalue weighted by Crippen LogP contribution is -1.86. The van der Waals surface area contributed by atoms with E-state index in [1.54, 1.807) is 0 Å². The minimum Gasteiger partial charge on any atom is -0.399 e. The van der Waals surface area contributed by atoms with Gasteiger partial charge in [0.05, 0.1) is 0 Å². The third-order valence-electron chi connectivity index (χ3n) is 6.33. The van der Waals surface area contributed by atoms with Crippen molar-refractivity contribution in [1.82, 2.24) is 0 Å². The van der Waals surface area contributed by atoms with E-state index in [-0.39, 0.29) is 0 Å². The van der Waals surface area contributed by atoms with Gasteiger partial charge in [-0.2, -0.15) is 0 Å². The number of fused-ring (bicyclic) bond motifs is 1. The van der Waals surface area contributed by atoms with Gasteiger partial charge >= 0.3 is 0 Å². The summed E-state index contributed by atoms with van der Waals surface area (Å²) in [4.78, 5) is 0. The molecule has 0 amide bonds. The monoisotopic (exact) mass is 437 g/mol. The van der Waals surface area contributed by atoms with E-state index in [0.717, 1.165) is 22.4 Å². The first kappa shape index (κ1) is 21.5. The molecule has 0 saturated carbocycles. The number of nitrogens with two attached hydrogens (primary N) is 1. The minimum absolute atomic E-state index is 0.780. The van der Waals surface area contributed by atoms with E-state index < -0.39 is 0 Å². The Morgan fingerprint density at radius 2 is 1.18 bits per heavy atom. The molecule has 5 aromatic carbocycles. The molecule has 0 heterocycles. The number of anilines is 1. The molecule has 34 heavy (non-hydrogen) atoms. The van der Waals surface area contributed by atoms with Gasteiger partial charge in [-0.1, -0.05) is 116 Å².